The predicted molar refractivity (Wildman–Crippen MR) is 111 cm³/mol. The first-order valence-electron chi connectivity index (χ1n) is 11.8. The molecule has 0 saturated heterocycles. The van der Waals surface area contributed by atoms with E-state index >= 15 is 0 Å². The number of rotatable bonds is 3. The van der Waals surface area contributed by atoms with E-state index in [1.165, 1.54) is 75.5 Å². The van der Waals surface area contributed by atoms with Crippen LogP contribution in [0.4, 0.5) is 0 Å². The molecule has 154 valence electrons. The number of amides is 1. The summed E-state index contributed by atoms with van der Waals surface area (Å²) in [7, 11) is 0. The summed E-state index contributed by atoms with van der Waals surface area (Å²) < 4.78 is 2.29. The molecular formula is C24H37N3O. The summed E-state index contributed by atoms with van der Waals surface area (Å²) in [6.07, 6.45) is 14.8. The summed E-state index contributed by atoms with van der Waals surface area (Å²) in [5.41, 5.74) is 3.84. The standard InChI is InChI=1S/C24H37N3O/c1-23(2)16-13-14-24(3,15-16)22(23)25-21(28)20-18-11-7-8-12-19(18)27(26-20)17-9-5-4-6-10-17/h16-17,22H,4-15H2,1-3H3,(H,25,28)/t16?,22-,24?/m1/s1. The lowest BCUT2D eigenvalue weighted by Gasteiger charge is -2.43. The Morgan fingerprint density at radius 1 is 1.04 bits per heavy atom. The van der Waals surface area contributed by atoms with Crippen LogP contribution in [0.5, 0.6) is 0 Å². The molecule has 3 fully saturated rings. The SMILES string of the molecule is CC12CCC(C1)C(C)(C)[C@H]2NC(=O)c1nn(C2CCCCC2)c2c1CCCC2. The van der Waals surface area contributed by atoms with Crippen molar-refractivity contribution in [3.8, 4) is 0 Å². The molecule has 1 aromatic heterocycles. The first-order chi connectivity index (χ1) is 13.4. The summed E-state index contributed by atoms with van der Waals surface area (Å²) in [5.74, 6) is 0.844. The Labute approximate surface area is 169 Å². The average molecular weight is 384 g/mol. The number of carbonyl (C=O) groups excluding carboxylic acids is 1. The van der Waals surface area contributed by atoms with Gasteiger partial charge in [0.15, 0.2) is 5.69 Å². The zero-order valence-corrected chi connectivity index (χ0v) is 18.0. The van der Waals surface area contributed by atoms with Crippen molar-refractivity contribution < 1.29 is 4.79 Å². The molecule has 1 aromatic rings. The number of fused-ring (bicyclic) bond motifs is 3. The van der Waals surface area contributed by atoms with Crippen molar-refractivity contribution in [1.29, 1.82) is 0 Å². The van der Waals surface area contributed by atoms with Gasteiger partial charge in [-0.1, -0.05) is 40.0 Å². The lowest BCUT2D eigenvalue weighted by atomic mass is 9.68. The lowest BCUT2D eigenvalue weighted by molar-refractivity contribution is 0.0731. The van der Waals surface area contributed by atoms with Gasteiger partial charge in [-0.25, -0.2) is 0 Å². The third-order valence-electron chi connectivity index (χ3n) is 8.89. The van der Waals surface area contributed by atoms with Gasteiger partial charge >= 0.3 is 0 Å². The maximum absolute atomic E-state index is 13.5. The molecule has 0 radical (unpaired) electrons. The van der Waals surface area contributed by atoms with E-state index in [9.17, 15) is 4.79 Å². The summed E-state index contributed by atoms with van der Waals surface area (Å²) in [4.78, 5) is 13.5. The van der Waals surface area contributed by atoms with E-state index in [2.05, 4.69) is 30.8 Å². The second-order valence-corrected chi connectivity index (χ2v) is 11.0. The summed E-state index contributed by atoms with van der Waals surface area (Å²) in [5, 5.41) is 8.50. The van der Waals surface area contributed by atoms with Crippen LogP contribution < -0.4 is 5.32 Å². The van der Waals surface area contributed by atoms with Gasteiger partial charge in [-0.05, 0) is 74.5 Å². The maximum atomic E-state index is 13.5. The van der Waals surface area contributed by atoms with Gasteiger partial charge in [0.1, 0.15) is 0 Å². The van der Waals surface area contributed by atoms with Gasteiger partial charge in [0.05, 0.1) is 6.04 Å². The van der Waals surface area contributed by atoms with Crippen molar-refractivity contribution in [2.24, 2.45) is 16.7 Å². The van der Waals surface area contributed by atoms with Crippen LogP contribution in [0.3, 0.4) is 0 Å². The van der Waals surface area contributed by atoms with Crippen molar-refractivity contribution in [2.45, 2.75) is 110 Å². The fraction of sp³-hybridized carbons (Fsp3) is 0.833. The van der Waals surface area contributed by atoms with Crippen molar-refractivity contribution in [2.75, 3.05) is 0 Å². The van der Waals surface area contributed by atoms with Crippen LogP contribution in [0, 0.1) is 16.7 Å². The largest absolute Gasteiger partial charge is 0.347 e. The molecule has 0 aliphatic heterocycles. The van der Waals surface area contributed by atoms with E-state index in [1.807, 2.05) is 0 Å². The molecule has 2 unspecified atom stereocenters. The van der Waals surface area contributed by atoms with Crippen LogP contribution in [0.15, 0.2) is 0 Å². The molecule has 3 saturated carbocycles. The highest BCUT2D eigenvalue weighted by atomic mass is 16.2. The second-order valence-electron chi connectivity index (χ2n) is 11.0. The summed E-state index contributed by atoms with van der Waals surface area (Å²) in [6, 6.07) is 0.781. The molecule has 2 bridgehead atoms. The van der Waals surface area contributed by atoms with E-state index in [1.54, 1.807) is 0 Å². The highest BCUT2D eigenvalue weighted by molar-refractivity contribution is 5.94. The molecule has 1 heterocycles. The molecular weight excluding hydrogens is 346 g/mol. The Bertz CT molecular complexity index is 768. The van der Waals surface area contributed by atoms with Crippen LogP contribution in [-0.4, -0.2) is 21.7 Å². The Balaban J connectivity index is 1.44. The summed E-state index contributed by atoms with van der Waals surface area (Å²) >= 11 is 0. The monoisotopic (exact) mass is 383 g/mol. The highest BCUT2D eigenvalue weighted by Gasteiger charge is 2.59. The Morgan fingerprint density at radius 2 is 1.79 bits per heavy atom. The molecule has 0 spiro atoms. The van der Waals surface area contributed by atoms with Gasteiger partial charge in [-0.3, -0.25) is 9.48 Å². The van der Waals surface area contributed by atoms with Crippen LogP contribution in [0.25, 0.3) is 0 Å². The van der Waals surface area contributed by atoms with Crippen LogP contribution >= 0.6 is 0 Å². The van der Waals surface area contributed by atoms with Gasteiger partial charge in [-0.15, -0.1) is 0 Å². The minimum absolute atomic E-state index is 0.0968. The third-order valence-corrected chi connectivity index (χ3v) is 8.89. The Hall–Kier alpha value is -1.32. The van der Waals surface area contributed by atoms with E-state index in [-0.39, 0.29) is 22.8 Å². The fourth-order valence-electron chi connectivity index (χ4n) is 7.30. The number of carbonyl (C=O) groups is 1. The minimum Gasteiger partial charge on any atom is -0.347 e. The quantitative estimate of drug-likeness (QED) is 0.778. The molecule has 3 atom stereocenters. The summed E-state index contributed by atoms with van der Waals surface area (Å²) in [6.45, 7) is 7.12. The molecule has 4 aliphatic carbocycles. The Morgan fingerprint density at radius 3 is 2.50 bits per heavy atom. The van der Waals surface area contributed by atoms with Crippen LogP contribution in [-0.2, 0) is 12.8 Å². The van der Waals surface area contributed by atoms with Crippen LogP contribution in [0.1, 0.15) is 113 Å². The molecule has 1 N–H and O–H groups in total. The number of aromatic nitrogens is 2. The average Bonchev–Trinajstić information content (AvgIpc) is 3.33. The molecule has 1 amide bonds. The number of nitrogens with one attached hydrogen (secondary N) is 1. The normalized spacial score (nSPS) is 34.4. The maximum Gasteiger partial charge on any atom is 0.272 e. The predicted octanol–water partition coefficient (Wildman–Crippen LogP) is 5.21. The molecule has 4 aliphatic rings. The van der Waals surface area contributed by atoms with Crippen molar-refractivity contribution in [3.63, 3.8) is 0 Å². The van der Waals surface area contributed by atoms with Crippen molar-refractivity contribution in [1.82, 2.24) is 15.1 Å². The molecule has 4 heteroatoms. The Kier molecular flexibility index (Phi) is 4.41. The molecule has 28 heavy (non-hydrogen) atoms. The fourth-order valence-corrected chi connectivity index (χ4v) is 7.30. The van der Waals surface area contributed by atoms with Gasteiger partial charge < -0.3 is 5.32 Å². The topological polar surface area (TPSA) is 46.9 Å². The van der Waals surface area contributed by atoms with Crippen LogP contribution in [0.2, 0.25) is 0 Å². The van der Waals surface area contributed by atoms with Crippen molar-refractivity contribution >= 4 is 5.91 Å². The lowest BCUT2D eigenvalue weighted by Crippen LogP contribution is -2.52. The van der Waals surface area contributed by atoms with E-state index < -0.39 is 0 Å². The van der Waals surface area contributed by atoms with Gasteiger partial charge in [-0.2, -0.15) is 5.10 Å². The van der Waals surface area contributed by atoms with E-state index in [4.69, 9.17) is 5.10 Å². The molecule has 5 rings (SSSR count). The second kappa shape index (κ2) is 6.60. The molecule has 0 aromatic carbocycles. The zero-order chi connectivity index (χ0) is 19.5. The smallest absolute Gasteiger partial charge is 0.272 e. The first-order valence-corrected chi connectivity index (χ1v) is 11.8. The third kappa shape index (κ3) is 2.77. The molecule has 4 nitrogen and oxygen atoms in total. The number of nitrogens with zero attached hydrogens (tertiary/aromatic N) is 2. The van der Waals surface area contributed by atoms with E-state index in [0.29, 0.717) is 6.04 Å². The highest BCUT2D eigenvalue weighted by Crippen LogP contribution is 2.62. The van der Waals surface area contributed by atoms with Gasteiger partial charge in [0.25, 0.3) is 5.91 Å². The van der Waals surface area contributed by atoms with Crippen molar-refractivity contribution in [3.05, 3.63) is 17.0 Å². The van der Waals surface area contributed by atoms with Gasteiger partial charge in [0, 0.05) is 17.3 Å². The van der Waals surface area contributed by atoms with Gasteiger partial charge in [0.2, 0.25) is 0 Å². The number of hydrogen-bond donors (Lipinski definition) is 1. The first kappa shape index (κ1) is 18.7. The van der Waals surface area contributed by atoms with E-state index in [0.717, 1.165) is 24.5 Å². The zero-order valence-electron chi connectivity index (χ0n) is 18.0. The minimum atomic E-state index is 0.0968. The number of hydrogen-bond acceptors (Lipinski definition) is 2.